The number of likely N-dealkylation sites (tertiary alicyclic amines) is 2. The number of aryl methyl sites for hydroxylation is 1. The van der Waals surface area contributed by atoms with Crippen LogP contribution >= 0.6 is 11.6 Å². The highest BCUT2D eigenvalue weighted by molar-refractivity contribution is 6.31. The summed E-state index contributed by atoms with van der Waals surface area (Å²) >= 11 is 6.08. The van der Waals surface area contributed by atoms with Gasteiger partial charge in [-0.2, -0.15) is 0 Å². The predicted molar refractivity (Wildman–Crippen MR) is 110 cm³/mol. The number of benzene rings is 1. The van der Waals surface area contributed by atoms with Gasteiger partial charge in [0.05, 0.1) is 0 Å². The standard InChI is InChI=1S/C22H27ClN2O3/c1-15-18-14-17(23)6-7-19(18)28-20(15)22(27)25-12-8-16(9-13-25)21(26)24-10-4-2-3-5-11-24/h6-7,14,16H,2-5,8-13H2,1H3. The summed E-state index contributed by atoms with van der Waals surface area (Å²) in [6, 6.07) is 5.40. The second kappa shape index (κ2) is 8.16. The zero-order valence-corrected chi connectivity index (χ0v) is 17.1. The number of furan rings is 1. The first-order chi connectivity index (χ1) is 13.5. The van der Waals surface area contributed by atoms with Crippen LogP contribution in [0.15, 0.2) is 22.6 Å². The predicted octanol–water partition coefficient (Wildman–Crippen LogP) is 4.65. The molecule has 0 saturated carbocycles. The minimum absolute atomic E-state index is 0.0396. The Kier molecular flexibility index (Phi) is 5.63. The second-order valence-electron chi connectivity index (χ2n) is 8.00. The van der Waals surface area contributed by atoms with Crippen molar-refractivity contribution in [1.82, 2.24) is 9.80 Å². The van der Waals surface area contributed by atoms with Gasteiger partial charge in [0.2, 0.25) is 5.91 Å². The molecule has 2 aliphatic rings. The smallest absolute Gasteiger partial charge is 0.289 e. The molecule has 2 fully saturated rings. The molecular formula is C22H27ClN2O3. The Hall–Kier alpha value is -2.01. The van der Waals surface area contributed by atoms with Crippen LogP contribution in [0.1, 0.15) is 54.6 Å². The third-order valence-electron chi connectivity index (χ3n) is 6.14. The van der Waals surface area contributed by atoms with Crippen molar-refractivity contribution in [3.8, 4) is 0 Å². The fourth-order valence-electron chi connectivity index (χ4n) is 4.42. The number of fused-ring (bicyclic) bond motifs is 1. The molecule has 150 valence electrons. The third-order valence-corrected chi connectivity index (χ3v) is 6.38. The molecule has 0 atom stereocenters. The summed E-state index contributed by atoms with van der Waals surface area (Å²) in [7, 11) is 0. The highest BCUT2D eigenvalue weighted by Crippen LogP contribution is 2.30. The number of piperidine rings is 1. The molecule has 3 heterocycles. The van der Waals surface area contributed by atoms with Crippen LogP contribution in [0, 0.1) is 12.8 Å². The Morgan fingerprint density at radius 1 is 1.00 bits per heavy atom. The molecule has 2 amide bonds. The maximum atomic E-state index is 13.0. The van der Waals surface area contributed by atoms with E-state index in [2.05, 4.69) is 0 Å². The average molecular weight is 403 g/mol. The number of rotatable bonds is 2. The molecule has 28 heavy (non-hydrogen) atoms. The van der Waals surface area contributed by atoms with E-state index in [1.54, 1.807) is 12.1 Å². The van der Waals surface area contributed by atoms with Crippen molar-refractivity contribution in [1.29, 1.82) is 0 Å². The van der Waals surface area contributed by atoms with E-state index in [9.17, 15) is 9.59 Å². The van der Waals surface area contributed by atoms with Crippen LogP contribution in [0.3, 0.4) is 0 Å². The Morgan fingerprint density at radius 2 is 1.68 bits per heavy atom. The molecule has 6 heteroatoms. The zero-order chi connectivity index (χ0) is 19.7. The Morgan fingerprint density at radius 3 is 2.36 bits per heavy atom. The molecule has 0 spiro atoms. The van der Waals surface area contributed by atoms with Crippen molar-refractivity contribution in [2.24, 2.45) is 5.92 Å². The molecule has 2 aromatic rings. The molecule has 0 bridgehead atoms. The lowest BCUT2D eigenvalue weighted by atomic mass is 9.94. The molecule has 1 aromatic heterocycles. The van der Waals surface area contributed by atoms with E-state index in [1.165, 1.54) is 12.8 Å². The summed E-state index contributed by atoms with van der Waals surface area (Å²) in [6.45, 7) is 4.86. The van der Waals surface area contributed by atoms with Crippen LogP contribution < -0.4 is 0 Å². The Bertz CT molecular complexity index is 875. The van der Waals surface area contributed by atoms with Gasteiger partial charge in [-0.25, -0.2) is 0 Å². The summed E-state index contributed by atoms with van der Waals surface area (Å²) in [4.78, 5) is 29.7. The van der Waals surface area contributed by atoms with Gasteiger partial charge in [0.15, 0.2) is 5.76 Å². The number of halogens is 1. The monoisotopic (exact) mass is 402 g/mol. The average Bonchev–Trinajstić information content (AvgIpc) is 2.89. The van der Waals surface area contributed by atoms with Gasteiger partial charge >= 0.3 is 0 Å². The van der Waals surface area contributed by atoms with Gasteiger partial charge in [0.25, 0.3) is 5.91 Å². The summed E-state index contributed by atoms with van der Waals surface area (Å²) in [5, 5.41) is 1.50. The number of carbonyl (C=O) groups excluding carboxylic acids is 2. The minimum atomic E-state index is -0.0921. The quantitative estimate of drug-likeness (QED) is 0.734. The summed E-state index contributed by atoms with van der Waals surface area (Å²) in [6.07, 6.45) is 6.12. The molecule has 5 nitrogen and oxygen atoms in total. The van der Waals surface area contributed by atoms with Crippen molar-refractivity contribution in [2.75, 3.05) is 26.2 Å². The van der Waals surface area contributed by atoms with Crippen molar-refractivity contribution in [2.45, 2.75) is 45.4 Å². The number of hydrogen-bond donors (Lipinski definition) is 0. The van der Waals surface area contributed by atoms with Gasteiger partial charge in [-0.15, -0.1) is 0 Å². The van der Waals surface area contributed by atoms with E-state index in [0.717, 1.165) is 49.7 Å². The molecule has 4 rings (SSSR count). The SMILES string of the molecule is Cc1c(C(=O)N2CCC(C(=O)N3CCCCCC3)CC2)oc2ccc(Cl)cc12. The van der Waals surface area contributed by atoms with Crippen LogP contribution in [-0.2, 0) is 4.79 Å². The van der Waals surface area contributed by atoms with Gasteiger partial charge < -0.3 is 14.2 Å². The molecule has 2 saturated heterocycles. The lowest BCUT2D eigenvalue weighted by Gasteiger charge is -2.33. The van der Waals surface area contributed by atoms with Crippen molar-refractivity contribution in [3.63, 3.8) is 0 Å². The maximum absolute atomic E-state index is 13.0. The van der Waals surface area contributed by atoms with Gasteiger partial charge in [0.1, 0.15) is 5.58 Å². The Labute approximate surface area is 170 Å². The van der Waals surface area contributed by atoms with E-state index in [4.69, 9.17) is 16.0 Å². The summed E-state index contributed by atoms with van der Waals surface area (Å²) in [5.41, 5.74) is 1.50. The van der Waals surface area contributed by atoms with Crippen LogP contribution in [0.2, 0.25) is 5.02 Å². The summed E-state index contributed by atoms with van der Waals surface area (Å²) in [5.74, 6) is 0.612. The third kappa shape index (κ3) is 3.77. The van der Waals surface area contributed by atoms with E-state index in [1.807, 2.05) is 22.8 Å². The van der Waals surface area contributed by atoms with Gasteiger partial charge in [0, 0.05) is 48.1 Å². The van der Waals surface area contributed by atoms with Crippen molar-refractivity contribution >= 4 is 34.4 Å². The lowest BCUT2D eigenvalue weighted by Crippen LogP contribution is -2.44. The fourth-order valence-corrected chi connectivity index (χ4v) is 4.59. The maximum Gasteiger partial charge on any atom is 0.289 e. The fraction of sp³-hybridized carbons (Fsp3) is 0.545. The first kappa shape index (κ1) is 19.3. The highest BCUT2D eigenvalue weighted by Gasteiger charge is 2.32. The summed E-state index contributed by atoms with van der Waals surface area (Å²) < 4.78 is 5.83. The highest BCUT2D eigenvalue weighted by atomic mass is 35.5. The molecule has 0 unspecified atom stereocenters. The van der Waals surface area contributed by atoms with E-state index in [-0.39, 0.29) is 17.7 Å². The van der Waals surface area contributed by atoms with Crippen LogP contribution in [0.4, 0.5) is 0 Å². The minimum Gasteiger partial charge on any atom is -0.451 e. The topological polar surface area (TPSA) is 53.8 Å². The molecule has 0 N–H and O–H groups in total. The van der Waals surface area contributed by atoms with E-state index < -0.39 is 0 Å². The van der Waals surface area contributed by atoms with E-state index in [0.29, 0.717) is 29.5 Å². The molecule has 1 aromatic carbocycles. The zero-order valence-electron chi connectivity index (χ0n) is 16.4. The van der Waals surface area contributed by atoms with Crippen LogP contribution in [0.25, 0.3) is 11.0 Å². The van der Waals surface area contributed by atoms with Crippen LogP contribution in [-0.4, -0.2) is 47.8 Å². The second-order valence-corrected chi connectivity index (χ2v) is 8.44. The molecule has 0 radical (unpaired) electrons. The first-order valence-corrected chi connectivity index (χ1v) is 10.7. The van der Waals surface area contributed by atoms with Crippen LogP contribution in [0.5, 0.6) is 0 Å². The largest absolute Gasteiger partial charge is 0.451 e. The first-order valence-electron chi connectivity index (χ1n) is 10.3. The van der Waals surface area contributed by atoms with Crippen molar-refractivity contribution in [3.05, 3.63) is 34.5 Å². The Balaban J connectivity index is 1.41. The van der Waals surface area contributed by atoms with Gasteiger partial charge in [-0.05, 0) is 50.8 Å². The van der Waals surface area contributed by atoms with Gasteiger partial charge in [-0.1, -0.05) is 24.4 Å². The number of carbonyl (C=O) groups is 2. The molecule has 2 aliphatic heterocycles. The lowest BCUT2D eigenvalue weighted by molar-refractivity contribution is -0.136. The van der Waals surface area contributed by atoms with E-state index >= 15 is 0 Å². The molecule has 0 aliphatic carbocycles. The van der Waals surface area contributed by atoms with Gasteiger partial charge in [-0.3, -0.25) is 9.59 Å². The number of nitrogens with zero attached hydrogens (tertiary/aromatic N) is 2. The number of hydrogen-bond acceptors (Lipinski definition) is 3. The number of amides is 2. The van der Waals surface area contributed by atoms with Crippen molar-refractivity contribution < 1.29 is 14.0 Å². The normalized spacial score (nSPS) is 19.1. The molecular weight excluding hydrogens is 376 g/mol.